The SMILES string of the molecule is Cc1ccsc1CN(C)C(=O)C(CO)C(C)C. The topological polar surface area (TPSA) is 40.5 Å². The Balaban J connectivity index is 2.67. The lowest BCUT2D eigenvalue weighted by molar-refractivity contribution is -0.137. The lowest BCUT2D eigenvalue weighted by Crippen LogP contribution is -2.36. The van der Waals surface area contributed by atoms with E-state index < -0.39 is 0 Å². The van der Waals surface area contributed by atoms with Gasteiger partial charge >= 0.3 is 0 Å². The Morgan fingerprint density at radius 2 is 2.18 bits per heavy atom. The summed E-state index contributed by atoms with van der Waals surface area (Å²) in [6.07, 6.45) is 0. The monoisotopic (exact) mass is 255 g/mol. The lowest BCUT2D eigenvalue weighted by Gasteiger charge is -2.24. The average Bonchev–Trinajstić information content (AvgIpc) is 2.64. The number of carbonyl (C=O) groups is 1. The maximum Gasteiger partial charge on any atom is 0.228 e. The van der Waals surface area contributed by atoms with E-state index in [2.05, 4.69) is 13.0 Å². The van der Waals surface area contributed by atoms with E-state index in [0.29, 0.717) is 6.54 Å². The van der Waals surface area contributed by atoms with E-state index in [1.54, 1.807) is 23.3 Å². The van der Waals surface area contributed by atoms with Crippen LogP contribution < -0.4 is 0 Å². The second-order valence-corrected chi connectivity index (χ2v) is 5.75. The molecule has 0 saturated carbocycles. The second kappa shape index (κ2) is 6.17. The van der Waals surface area contributed by atoms with Crippen molar-refractivity contribution in [1.29, 1.82) is 0 Å². The molecule has 1 amide bonds. The van der Waals surface area contributed by atoms with Crippen LogP contribution in [-0.4, -0.2) is 29.6 Å². The first-order chi connectivity index (χ1) is 7.97. The van der Waals surface area contributed by atoms with Crippen molar-refractivity contribution in [3.05, 3.63) is 21.9 Å². The van der Waals surface area contributed by atoms with Crippen LogP contribution in [0.5, 0.6) is 0 Å². The fourth-order valence-electron chi connectivity index (χ4n) is 1.72. The van der Waals surface area contributed by atoms with Gasteiger partial charge in [-0.2, -0.15) is 0 Å². The minimum atomic E-state index is -0.291. The molecule has 1 aromatic rings. The minimum Gasteiger partial charge on any atom is -0.396 e. The summed E-state index contributed by atoms with van der Waals surface area (Å²) in [5, 5.41) is 11.3. The van der Waals surface area contributed by atoms with Gasteiger partial charge in [-0.3, -0.25) is 4.79 Å². The lowest BCUT2D eigenvalue weighted by atomic mass is 9.95. The third-order valence-corrected chi connectivity index (χ3v) is 4.05. The van der Waals surface area contributed by atoms with Gasteiger partial charge in [0.05, 0.1) is 19.1 Å². The number of nitrogens with zero attached hydrogens (tertiary/aromatic N) is 1. The average molecular weight is 255 g/mol. The predicted octanol–water partition coefficient (Wildman–Crippen LogP) is 2.28. The van der Waals surface area contributed by atoms with E-state index in [9.17, 15) is 9.90 Å². The second-order valence-electron chi connectivity index (χ2n) is 4.75. The number of amides is 1. The van der Waals surface area contributed by atoms with Crippen molar-refractivity contribution in [1.82, 2.24) is 4.90 Å². The molecule has 0 bridgehead atoms. The summed E-state index contributed by atoms with van der Waals surface area (Å²) in [7, 11) is 1.80. The molecule has 0 aliphatic carbocycles. The van der Waals surface area contributed by atoms with Gasteiger partial charge in [-0.25, -0.2) is 0 Å². The molecule has 0 aliphatic heterocycles. The van der Waals surface area contributed by atoms with Gasteiger partial charge in [-0.15, -0.1) is 11.3 Å². The van der Waals surface area contributed by atoms with Crippen LogP contribution in [0.3, 0.4) is 0 Å². The van der Waals surface area contributed by atoms with Gasteiger partial charge in [-0.1, -0.05) is 13.8 Å². The number of hydrogen-bond donors (Lipinski definition) is 1. The number of thiophene rings is 1. The highest BCUT2D eigenvalue weighted by atomic mass is 32.1. The maximum absolute atomic E-state index is 12.1. The molecule has 1 aromatic heterocycles. The first kappa shape index (κ1) is 14.2. The number of aliphatic hydroxyl groups excluding tert-OH is 1. The molecule has 0 fully saturated rings. The zero-order chi connectivity index (χ0) is 13.0. The molecule has 1 rings (SSSR count). The van der Waals surface area contributed by atoms with Crippen LogP contribution in [0.15, 0.2) is 11.4 Å². The smallest absolute Gasteiger partial charge is 0.228 e. The maximum atomic E-state index is 12.1. The Morgan fingerprint density at radius 3 is 2.59 bits per heavy atom. The van der Waals surface area contributed by atoms with E-state index in [1.165, 1.54) is 10.4 Å². The largest absolute Gasteiger partial charge is 0.396 e. The van der Waals surface area contributed by atoms with Crippen molar-refractivity contribution < 1.29 is 9.90 Å². The number of aliphatic hydroxyl groups is 1. The molecule has 1 atom stereocenters. The van der Waals surface area contributed by atoms with Crippen LogP contribution in [0, 0.1) is 18.8 Å². The van der Waals surface area contributed by atoms with Crippen molar-refractivity contribution in [2.24, 2.45) is 11.8 Å². The molecule has 0 radical (unpaired) electrons. The zero-order valence-corrected chi connectivity index (χ0v) is 11.8. The molecule has 1 unspecified atom stereocenters. The number of rotatable bonds is 5. The molecule has 0 saturated heterocycles. The Bertz CT molecular complexity index is 373. The van der Waals surface area contributed by atoms with Crippen molar-refractivity contribution >= 4 is 17.2 Å². The Hall–Kier alpha value is -0.870. The molecular weight excluding hydrogens is 234 g/mol. The van der Waals surface area contributed by atoms with Crippen LogP contribution >= 0.6 is 11.3 Å². The first-order valence-corrected chi connectivity index (χ1v) is 6.74. The van der Waals surface area contributed by atoms with Gasteiger partial charge < -0.3 is 10.0 Å². The summed E-state index contributed by atoms with van der Waals surface area (Å²) in [4.78, 5) is 15.0. The van der Waals surface area contributed by atoms with E-state index in [0.717, 1.165) is 0 Å². The zero-order valence-electron chi connectivity index (χ0n) is 10.9. The summed E-state index contributed by atoms with van der Waals surface area (Å²) in [6, 6.07) is 2.06. The van der Waals surface area contributed by atoms with Crippen molar-refractivity contribution in [3.63, 3.8) is 0 Å². The molecule has 1 heterocycles. The number of carbonyl (C=O) groups excluding carboxylic acids is 1. The first-order valence-electron chi connectivity index (χ1n) is 5.86. The molecule has 3 nitrogen and oxygen atoms in total. The van der Waals surface area contributed by atoms with E-state index in [-0.39, 0.29) is 24.3 Å². The molecule has 4 heteroatoms. The van der Waals surface area contributed by atoms with Gasteiger partial charge in [0.25, 0.3) is 0 Å². The van der Waals surface area contributed by atoms with Gasteiger partial charge in [-0.05, 0) is 29.9 Å². The number of hydrogen-bond acceptors (Lipinski definition) is 3. The van der Waals surface area contributed by atoms with E-state index in [1.807, 2.05) is 19.2 Å². The van der Waals surface area contributed by atoms with Crippen LogP contribution in [0.2, 0.25) is 0 Å². The molecule has 17 heavy (non-hydrogen) atoms. The van der Waals surface area contributed by atoms with Crippen LogP contribution in [-0.2, 0) is 11.3 Å². The molecule has 0 aromatic carbocycles. The highest BCUT2D eigenvalue weighted by Gasteiger charge is 2.24. The Kier molecular flexibility index (Phi) is 5.15. The van der Waals surface area contributed by atoms with Gasteiger partial charge in [0.1, 0.15) is 0 Å². The summed E-state index contributed by atoms with van der Waals surface area (Å²) >= 11 is 1.67. The Morgan fingerprint density at radius 1 is 1.53 bits per heavy atom. The van der Waals surface area contributed by atoms with Gasteiger partial charge in [0.15, 0.2) is 0 Å². The molecular formula is C13H21NO2S. The predicted molar refractivity (Wildman–Crippen MR) is 70.9 cm³/mol. The van der Waals surface area contributed by atoms with E-state index >= 15 is 0 Å². The summed E-state index contributed by atoms with van der Waals surface area (Å²) in [5.74, 6) is -0.102. The molecule has 0 spiro atoms. The fourth-order valence-corrected chi connectivity index (χ4v) is 2.68. The normalized spacial score (nSPS) is 12.8. The van der Waals surface area contributed by atoms with Gasteiger partial charge in [0, 0.05) is 11.9 Å². The quantitative estimate of drug-likeness (QED) is 0.877. The summed E-state index contributed by atoms with van der Waals surface area (Å²) in [5.41, 5.74) is 1.22. The molecule has 1 N–H and O–H groups in total. The van der Waals surface area contributed by atoms with Crippen LogP contribution in [0.25, 0.3) is 0 Å². The minimum absolute atomic E-state index is 0.0234. The van der Waals surface area contributed by atoms with E-state index in [4.69, 9.17) is 0 Å². The standard InChI is InChI=1S/C13H21NO2S/c1-9(2)11(8-15)13(16)14(4)7-12-10(3)5-6-17-12/h5-6,9,11,15H,7-8H2,1-4H3. The van der Waals surface area contributed by atoms with Crippen LogP contribution in [0.4, 0.5) is 0 Å². The summed E-state index contributed by atoms with van der Waals surface area (Å²) < 4.78 is 0. The van der Waals surface area contributed by atoms with Gasteiger partial charge in [0.2, 0.25) is 5.91 Å². The molecule has 0 aliphatic rings. The molecule has 96 valence electrons. The van der Waals surface area contributed by atoms with Crippen molar-refractivity contribution in [2.75, 3.05) is 13.7 Å². The Labute approximate surface area is 107 Å². The highest BCUT2D eigenvalue weighted by molar-refractivity contribution is 7.10. The highest BCUT2D eigenvalue weighted by Crippen LogP contribution is 2.19. The number of aryl methyl sites for hydroxylation is 1. The van der Waals surface area contributed by atoms with Crippen molar-refractivity contribution in [3.8, 4) is 0 Å². The summed E-state index contributed by atoms with van der Waals surface area (Å²) in [6.45, 7) is 6.53. The fraction of sp³-hybridized carbons (Fsp3) is 0.615. The van der Waals surface area contributed by atoms with Crippen molar-refractivity contribution in [2.45, 2.75) is 27.3 Å². The third-order valence-electron chi connectivity index (χ3n) is 3.04. The third kappa shape index (κ3) is 3.54. The van der Waals surface area contributed by atoms with Crippen LogP contribution in [0.1, 0.15) is 24.3 Å².